The quantitative estimate of drug-likeness (QED) is 0.129. The van der Waals surface area contributed by atoms with E-state index in [-0.39, 0.29) is 0 Å². The van der Waals surface area contributed by atoms with Crippen molar-refractivity contribution < 1.29 is 0 Å². The zero-order valence-electron chi connectivity index (χ0n) is 33.6. The van der Waals surface area contributed by atoms with E-state index in [2.05, 4.69) is 213 Å². The molecule has 0 saturated carbocycles. The fourth-order valence-electron chi connectivity index (χ4n) is 10.3. The van der Waals surface area contributed by atoms with Crippen LogP contribution < -0.4 is 0 Å². The minimum atomic E-state index is 0.967. The van der Waals surface area contributed by atoms with Crippen LogP contribution >= 0.6 is 0 Å². The Kier molecular flexibility index (Phi) is 7.29. The summed E-state index contributed by atoms with van der Waals surface area (Å²) in [4.78, 5) is 5.72. The predicted octanol–water partition coefficient (Wildman–Crippen LogP) is 16.8. The second-order valence-electron chi connectivity index (χ2n) is 16.7. The third-order valence-corrected chi connectivity index (χ3v) is 13.3. The molecule has 1 aromatic heterocycles. The van der Waals surface area contributed by atoms with Crippen molar-refractivity contribution in [2.24, 2.45) is 0 Å². The first-order valence-corrected chi connectivity index (χ1v) is 21.2. The van der Waals surface area contributed by atoms with Gasteiger partial charge in [0.1, 0.15) is 0 Å². The second-order valence-corrected chi connectivity index (χ2v) is 16.7. The fraction of sp³-hybridized carbons (Fsp3) is 0.0167. The van der Waals surface area contributed by atoms with Crippen LogP contribution in [-0.4, -0.2) is 4.98 Å². The summed E-state index contributed by atoms with van der Waals surface area (Å²) in [6.07, 6.45) is 0. The largest absolute Gasteiger partial charge is 0.247 e. The lowest BCUT2D eigenvalue weighted by Crippen LogP contribution is -1.98. The summed E-state index contributed by atoms with van der Waals surface area (Å²) >= 11 is 0. The zero-order valence-corrected chi connectivity index (χ0v) is 33.6. The molecule has 12 aromatic carbocycles. The molecule has 0 unspecified atom stereocenters. The van der Waals surface area contributed by atoms with Crippen molar-refractivity contribution >= 4 is 97.0 Å². The maximum atomic E-state index is 5.72. The van der Waals surface area contributed by atoms with Gasteiger partial charge in [0.25, 0.3) is 0 Å². The van der Waals surface area contributed by atoms with Crippen LogP contribution in [0.25, 0.3) is 131 Å². The molecule has 0 bridgehead atoms. The van der Waals surface area contributed by atoms with Crippen molar-refractivity contribution in [1.82, 2.24) is 4.98 Å². The molecule has 13 rings (SSSR count). The molecule has 282 valence electrons. The topological polar surface area (TPSA) is 12.9 Å². The lowest BCUT2D eigenvalue weighted by Gasteiger charge is -2.19. The minimum Gasteiger partial charge on any atom is -0.247 e. The Morgan fingerprint density at radius 1 is 0.246 bits per heavy atom. The summed E-state index contributed by atoms with van der Waals surface area (Å²) in [6.45, 7) is 2.27. The lowest BCUT2D eigenvalue weighted by molar-refractivity contribution is 1.28. The summed E-state index contributed by atoms with van der Waals surface area (Å²) in [5.74, 6) is 0. The van der Waals surface area contributed by atoms with E-state index in [1.165, 1.54) is 108 Å². The molecule has 0 spiro atoms. The predicted molar refractivity (Wildman–Crippen MR) is 263 cm³/mol. The Morgan fingerprint density at radius 3 is 1.08 bits per heavy atom. The molecule has 13 aromatic rings. The van der Waals surface area contributed by atoms with Gasteiger partial charge in [0.2, 0.25) is 0 Å². The smallest absolute Gasteiger partial charge is 0.0751 e. The number of hydrogen-bond acceptors (Lipinski definition) is 1. The fourth-order valence-corrected chi connectivity index (χ4v) is 10.3. The third-order valence-electron chi connectivity index (χ3n) is 13.3. The molecular formula is C60H37N. The maximum absolute atomic E-state index is 5.72. The number of aromatic nitrogens is 1. The van der Waals surface area contributed by atoms with E-state index in [4.69, 9.17) is 4.98 Å². The highest BCUT2D eigenvalue weighted by atomic mass is 14.7. The monoisotopic (exact) mass is 771 g/mol. The molecule has 1 heterocycles. The number of hydrogen-bond donors (Lipinski definition) is 0. The van der Waals surface area contributed by atoms with E-state index in [9.17, 15) is 0 Å². The molecule has 0 atom stereocenters. The highest BCUT2D eigenvalue weighted by Gasteiger charge is 2.20. The molecule has 61 heavy (non-hydrogen) atoms. The van der Waals surface area contributed by atoms with E-state index < -0.39 is 0 Å². The van der Waals surface area contributed by atoms with Crippen molar-refractivity contribution in [3.8, 4) is 33.6 Å². The molecule has 0 saturated heterocycles. The number of pyridine rings is 1. The number of benzene rings is 12. The third kappa shape index (κ3) is 5.24. The van der Waals surface area contributed by atoms with Crippen molar-refractivity contribution in [1.29, 1.82) is 0 Å². The van der Waals surface area contributed by atoms with Crippen LogP contribution in [0.4, 0.5) is 0 Å². The highest BCUT2D eigenvalue weighted by Crippen LogP contribution is 2.44. The molecular weight excluding hydrogens is 735 g/mol. The molecule has 0 amide bonds. The van der Waals surface area contributed by atoms with E-state index in [0.29, 0.717) is 0 Å². The first-order valence-electron chi connectivity index (χ1n) is 21.2. The average Bonchev–Trinajstić information content (AvgIpc) is 3.31. The van der Waals surface area contributed by atoms with Gasteiger partial charge in [-0.25, -0.2) is 4.98 Å². The Morgan fingerprint density at radius 2 is 0.623 bits per heavy atom. The molecule has 1 nitrogen and oxygen atoms in total. The van der Waals surface area contributed by atoms with Gasteiger partial charge >= 0.3 is 0 Å². The van der Waals surface area contributed by atoms with Gasteiger partial charge in [-0.3, -0.25) is 0 Å². The SMILES string of the molecule is Cc1c(-c2cccc3c2ccc2cc4ccccc4cc23)cc(-c2cccc3c2ccc2cc4ccccc4cc23)nc1-c1cccc2c1ccc1cc3ccccc3cc12. The van der Waals surface area contributed by atoms with Gasteiger partial charge < -0.3 is 0 Å². The molecule has 0 aliphatic heterocycles. The summed E-state index contributed by atoms with van der Waals surface area (Å²) in [6, 6.07) is 76.4. The summed E-state index contributed by atoms with van der Waals surface area (Å²) < 4.78 is 0. The number of fused-ring (bicyclic) bond motifs is 12. The Balaban J connectivity index is 1.10. The van der Waals surface area contributed by atoms with Crippen molar-refractivity contribution in [2.45, 2.75) is 6.92 Å². The zero-order chi connectivity index (χ0) is 40.2. The minimum absolute atomic E-state index is 0.967. The summed E-state index contributed by atoms with van der Waals surface area (Å²) in [7, 11) is 0. The van der Waals surface area contributed by atoms with Crippen molar-refractivity contribution in [3.63, 3.8) is 0 Å². The first kappa shape index (κ1) is 34.0. The normalized spacial score (nSPS) is 12.0. The van der Waals surface area contributed by atoms with Gasteiger partial charge in [0.05, 0.1) is 11.4 Å². The summed E-state index contributed by atoms with van der Waals surface area (Å²) in [5.41, 5.74) is 7.81. The number of rotatable bonds is 3. The van der Waals surface area contributed by atoms with Crippen LogP contribution in [0.5, 0.6) is 0 Å². The van der Waals surface area contributed by atoms with Gasteiger partial charge in [-0.15, -0.1) is 0 Å². The van der Waals surface area contributed by atoms with E-state index >= 15 is 0 Å². The lowest BCUT2D eigenvalue weighted by atomic mass is 9.88. The molecule has 0 aliphatic carbocycles. The van der Waals surface area contributed by atoms with Gasteiger partial charge in [-0.2, -0.15) is 0 Å². The Bertz CT molecular complexity index is 3830. The maximum Gasteiger partial charge on any atom is 0.0751 e. The van der Waals surface area contributed by atoms with Gasteiger partial charge in [0, 0.05) is 11.1 Å². The van der Waals surface area contributed by atoms with E-state index in [1.54, 1.807) is 0 Å². The van der Waals surface area contributed by atoms with Crippen LogP contribution in [0.1, 0.15) is 5.56 Å². The van der Waals surface area contributed by atoms with Crippen molar-refractivity contribution in [3.05, 3.63) is 212 Å². The molecule has 0 N–H and O–H groups in total. The standard InChI is InChI=1S/C60H37N/c1-36-55(46-17-8-18-47-50(46)26-23-43-29-37-11-2-5-14-40(37)32-56(43)47)35-59(53-21-9-19-48-51(53)27-24-44-30-38-12-3-6-15-41(38)33-57(44)48)61-60(36)54-22-10-20-49-52(54)28-25-45-31-39-13-4-7-16-42(39)34-58(45)49/h2-35H,1H3. The van der Waals surface area contributed by atoms with Gasteiger partial charge in [-0.05, 0) is 163 Å². The van der Waals surface area contributed by atoms with E-state index in [0.717, 1.165) is 28.1 Å². The molecule has 0 aliphatic rings. The van der Waals surface area contributed by atoms with Gasteiger partial charge in [0.15, 0.2) is 0 Å². The molecule has 0 fully saturated rings. The highest BCUT2D eigenvalue weighted by molar-refractivity contribution is 6.19. The van der Waals surface area contributed by atoms with Crippen LogP contribution in [-0.2, 0) is 0 Å². The van der Waals surface area contributed by atoms with Crippen LogP contribution in [0.2, 0.25) is 0 Å². The second kappa shape index (κ2) is 13.1. The average molecular weight is 772 g/mol. The number of nitrogens with zero attached hydrogens (tertiary/aromatic N) is 1. The Hall–Kier alpha value is -7.87. The Labute approximate surface area is 352 Å². The van der Waals surface area contributed by atoms with Crippen LogP contribution in [0, 0.1) is 6.92 Å². The summed E-state index contributed by atoms with van der Waals surface area (Å²) in [5, 5.41) is 22.4. The van der Waals surface area contributed by atoms with Crippen LogP contribution in [0.3, 0.4) is 0 Å². The molecule has 1 heteroatoms. The van der Waals surface area contributed by atoms with Gasteiger partial charge in [-0.1, -0.05) is 164 Å². The molecule has 0 radical (unpaired) electrons. The van der Waals surface area contributed by atoms with Crippen LogP contribution in [0.15, 0.2) is 206 Å². The van der Waals surface area contributed by atoms with Crippen molar-refractivity contribution in [2.75, 3.05) is 0 Å². The first-order chi connectivity index (χ1) is 30.1. The van der Waals surface area contributed by atoms with E-state index in [1.807, 2.05) is 0 Å².